The number of likely N-dealkylation sites (tertiary alicyclic amines) is 1. The molecule has 1 aliphatic heterocycles. The number of rotatable bonds is 6. The Morgan fingerprint density at radius 1 is 1.24 bits per heavy atom. The van der Waals surface area contributed by atoms with Gasteiger partial charge in [-0.15, -0.1) is 0 Å². The van der Waals surface area contributed by atoms with Gasteiger partial charge in [-0.3, -0.25) is 9.69 Å². The highest BCUT2D eigenvalue weighted by Gasteiger charge is 2.31. The summed E-state index contributed by atoms with van der Waals surface area (Å²) in [6.07, 6.45) is 2.30. The van der Waals surface area contributed by atoms with Gasteiger partial charge in [0.15, 0.2) is 0 Å². The summed E-state index contributed by atoms with van der Waals surface area (Å²) in [5.74, 6) is -0.0558. The molecule has 2 unspecified atom stereocenters. The Kier molecular flexibility index (Phi) is 5.56. The van der Waals surface area contributed by atoms with Gasteiger partial charge in [0.25, 0.3) is 5.91 Å². The number of nitrogens with one attached hydrogen (secondary N) is 1. The maximum atomic E-state index is 12.5. The summed E-state index contributed by atoms with van der Waals surface area (Å²) in [5, 5.41) is 13.1. The molecule has 2 atom stereocenters. The van der Waals surface area contributed by atoms with Crippen molar-refractivity contribution in [2.45, 2.75) is 45.0 Å². The van der Waals surface area contributed by atoms with Crippen molar-refractivity contribution in [2.24, 2.45) is 0 Å². The molecule has 2 aromatic rings. The van der Waals surface area contributed by atoms with Gasteiger partial charge in [-0.25, -0.2) is 0 Å². The molecule has 1 amide bonds. The van der Waals surface area contributed by atoms with Crippen molar-refractivity contribution in [3.05, 3.63) is 59.9 Å². The number of carbonyl (C=O) groups excluding carboxylic acids is 1. The van der Waals surface area contributed by atoms with E-state index in [4.69, 9.17) is 0 Å². The molecular weight excluding hydrogens is 314 g/mol. The van der Waals surface area contributed by atoms with Crippen LogP contribution in [-0.4, -0.2) is 45.7 Å². The lowest BCUT2D eigenvalue weighted by molar-refractivity contribution is 0.0929. The highest BCUT2D eigenvalue weighted by molar-refractivity contribution is 5.92. The van der Waals surface area contributed by atoms with E-state index in [1.807, 2.05) is 41.1 Å². The van der Waals surface area contributed by atoms with E-state index in [9.17, 15) is 9.90 Å². The van der Waals surface area contributed by atoms with Crippen molar-refractivity contribution in [3.8, 4) is 0 Å². The second kappa shape index (κ2) is 7.85. The van der Waals surface area contributed by atoms with Gasteiger partial charge in [-0.05, 0) is 38.0 Å². The van der Waals surface area contributed by atoms with Gasteiger partial charge in [0.2, 0.25) is 0 Å². The second-order valence-corrected chi connectivity index (χ2v) is 7.06. The van der Waals surface area contributed by atoms with E-state index in [0.29, 0.717) is 25.2 Å². The first-order valence-electron chi connectivity index (χ1n) is 8.95. The van der Waals surface area contributed by atoms with E-state index in [2.05, 4.69) is 36.2 Å². The number of amides is 1. The lowest BCUT2D eigenvalue weighted by atomic mass is 10.1. The van der Waals surface area contributed by atoms with Gasteiger partial charge >= 0.3 is 0 Å². The standard InChI is InChI=1S/C20H27N3O2/c1-15(2)23-10-6-9-19(23)20(25)21-12-17-11-18(24)14-22(17)13-16-7-4-3-5-8-16/h3-10,15,17-18,24H,11-14H2,1-2H3,(H,21,25). The van der Waals surface area contributed by atoms with Crippen LogP contribution in [0.2, 0.25) is 0 Å². The molecule has 5 heteroatoms. The van der Waals surface area contributed by atoms with Crippen LogP contribution < -0.4 is 5.32 Å². The Hall–Kier alpha value is -2.11. The van der Waals surface area contributed by atoms with E-state index >= 15 is 0 Å². The minimum atomic E-state index is -0.329. The average Bonchev–Trinajstić information content (AvgIpc) is 3.20. The van der Waals surface area contributed by atoms with Crippen LogP contribution in [0.25, 0.3) is 0 Å². The van der Waals surface area contributed by atoms with Crippen LogP contribution in [0, 0.1) is 0 Å². The minimum absolute atomic E-state index is 0.0558. The molecular formula is C20H27N3O2. The number of hydrogen-bond donors (Lipinski definition) is 2. The third-order valence-electron chi connectivity index (χ3n) is 4.80. The van der Waals surface area contributed by atoms with E-state index in [1.54, 1.807) is 0 Å². The van der Waals surface area contributed by atoms with Gasteiger partial charge in [0.05, 0.1) is 6.10 Å². The van der Waals surface area contributed by atoms with E-state index in [0.717, 1.165) is 6.54 Å². The van der Waals surface area contributed by atoms with Crippen LogP contribution in [0.5, 0.6) is 0 Å². The zero-order valence-corrected chi connectivity index (χ0v) is 14.9. The number of hydrogen-bond acceptors (Lipinski definition) is 3. The summed E-state index contributed by atoms with van der Waals surface area (Å²) < 4.78 is 1.97. The molecule has 0 aliphatic carbocycles. The third-order valence-corrected chi connectivity index (χ3v) is 4.80. The fourth-order valence-corrected chi connectivity index (χ4v) is 3.52. The van der Waals surface area contributed by atoms with Gasteiger partial charge in [-0.1, -0.05) is 30.3 Å². The smallest absolute Gasteiger partial charge is 0.267 e. The fourth-order valence-electron chi connectivity index (χ4n) is 3.52. The topological polar surface area (TPSA) is 57.5 Å². The number of aliphatic hydroxyl groups is 1. The highest BCUT2D eigenvalue weighted by Crippen LogP contribution is 2.20. The maximum absolute atomic E-state index is 12.5. The molecule has 0 saturated carbocycles. The first kappa shape index (κ1) is 17.7. The number of nitrogens with zero attached hydrogens (tertiary/aromatic N) is 2. The lowest BCUT2D eigenvalue weighted by Gasteiger charge is -2.24. The molecule has 3 rings (SSSR count). The van der Waals surface area contributed by atoms with E-state index in [-0.39, 0.29) is 24.1 Å². The molecule has 1 aromatic carbocycles. The number of benzene rings is 1. The van der Waals surface area contributed by atoms with Crippen LogP contribution in [0.3, 0.4) is 0 Å². The summed E-state index contributed by atoms with van der Waals surface area (Å²) in [4.78, 5) is 14.8. The Balaban J connectivity index is 1.60. The molecule has 1 saturated heterocycles. The molecule has 0 bridgehead atoms. The number of carbonyl (C=O) groups is 1. The van der Waals surface area contributed by atoms with Crippen LogP contribution in [0.15, 0.2) is 48.7 Å². The second-order valence-electron chi connectivity index (χ2n) is 7.06. The Morgan fingerprint density at radius 3 is 2.72 bits per heavy atom. The van der Waals surface area contributed by atoms with Gasteiger partial charge in [0.1, 0.15) is 5.69 Å². The first-order valence-corrected chi connectivity index (χ1v) is 8.95. The molecule has 1 fully saturated rings. The van der Waals surface area contributed by atoms with Crippen LogP contribution >= 0.6 is 0 Å². The van der Waals surface area contributed by atoms with Crippen LogP contribution in [0.4, 0.5) is 0 Å². The van der Waals surface area contributed by atoms with Crippen molar-refractivity contribution >= 4 is 5.91 Å². The largest absolute Gasteiger partial charge is 0.392 e. The lowest BCUT2D eigenvalue weighted by Crippen LogP contribution is -2.40. The zero-order chi connectivity index (χ0) is 17.8. The van der Waals surface area contributed by atoms with Crippen molar-refractivity contribution < 1.29 is 9.90 Å². The van der Waals surface area contributed by atoms with Crippen LogP contribution in [0.1, 0.15) is 42.4 Å². The monoisotopic (exact) mass is 341 g/mol. The Morgan fingerprint density at radius 2 is 2.00 bits per heavy atom. The molecule has 5 nitrogen and oxygen atoms in total. The molecule has 0 radical (unpaired) electrons. The van der Waals surface area contributed by atoms with Gasteiger partial charge < -0.3 is 15.0 Å². The molecule has 2 heterocycles. The van der Waals surface area contributed by atoms with Crippen molar-refractivity contribution in [3.63, 3.8) is 0 Å². The number of aliphatic hydroxyl groups excluding tert-OH is 1. The first-order chi connectivity index (χ1) is 12.0. The number of aromatic nitrogens is 1. The summed E-state index contributed by atoms with van der Waals surface area (Å²) in [6.45, 7) is 6.11. The SMILES string of the molecule is CC(C)n1cccc1C(=O)NCC1CC(O)CN1Cc1ccccc1. The molecule has 2 N–H and O–H groups in total. The zero-order valence-electron chi connectivity index (χ0n) is 14.9. The fraction of sp³-hybridized carbons (Fsp3) is 0.450. The minimum Gasteiger partial charge on any atom is -0.392 e. The Bertz CT molecular complexity index is 696. The quantitative estimate of drug-likeness (QED) is 0.848. The van der Waals surface area contributed by atoms with Gasteiger partial charge in [-0.2, -0.15) is 0 Å². The molecule has 25 heavy (non-hydrogen) atoms. The van der Waals surface area contributed by atoms with Crippen molar-refractivity contribution in [1.29, 1.82) is 0 Å². The average molecular weight is 341 g/mol. The predicted molar refractivity (Wildman–Crippen MR) is 98.4 cm³/mol. The normalized spacial score (nSPS) is 21.0. The predicted octanol–water partition coefficient (Wildman–Crippen LogP) is 2.43. The summed E-state index contributed by atoms with van der Waals surface area (Å²) >= 11 is 0. The molecule has 134 valence electrons. The maximum Gasteiger partial charge on any atom is 0.267 e. The summed E-state index contributed by atoms with van der Waals surface area (Å²) in [6, 6.07) is 14.4. The van der Waals surface area contributed by atoms with E-state index in [1.165, 1.54) is 5.56 Å². The molecule has 1 aliphatic rings. The van der Waals surface area contributed by atoms with Crippen molar-refractivity contribution in [2.75, 3.05) is 13.1 Å². The summed E-state index contributed by atoms with van der Waals surface area (Å²) in [5.41, 5.74) is 1.91. The highest BCUT2D eigenvalue weighted by atomic mass is 16.3. The Labute approximate surface area is 149 Å². The van der Waals surface area contributed by atoms with Crippen LogP contribution in [-0.2, 0) is 6.54 Å². The third kappa shape index (κ3) is 4.30. The molecule has 1 aromatic heterocycles. The summed E-state index contributed by atoms with van der Waals surface area (Å²) in [7, 11) is 0. The number of β-amino-alcohol motifs (C(OH)–C–C–N with tert-alkyl or cyclic N) is 1. The van der Waals surface area contributed by atoms with Crippen molar-refractivity contribution in [1.82, 2.24) is 14.8 Å². The van der Waals surface area contributed by atoms with Gasteiger partial charge in [0, 0.05) is 37.9 Å². The van der Waals surface area contributed by atoms with E-state index < -0.39 is 0 Å². The molecule has 0 spiro atoms.